The minimum absolute atomic E-state index is 0. The van der Waals surface area contributed by atoms with E-state index in [9.17, 15) is 0 Å². The quantitative estimate of drug-likeness (QED) is 0.404. The van der Waals surface area contributed by atoms with Crippen LogP contribution in [0.5, 0.6) is 0 Å². The van der Waals surface area contributed by atoms with Gasteiger partial charge in [-0.2, -0.15) is 0 Å². The zero-order valence-corrected chi connectivity index (χ0v) is 17.5. The van der Waals surface area contributed by atoms with Gasteiger partial charge in [-0.25, -0.2) is 0 Å². The Morgan fingerprint density at radius 3 is 2.68 bits per heavy atom. The summed E-state index contributed by atoms with van der Waals surface area (Å²) in [4.78, 5) is 7.32. The average Bonchev–Trinajstić information content (AvgIpc) is 3.16. The zero-order chi connectivity index (χ0) is 16.8. The smallest absolute Gasteiger partial charge is 0.193 e. The summed E-state index contributed by atoms with van der Waals surface area (Å²) in [6, 6.07) is 8.35. The number of hydrogen-bond donors (Lipinski definition) is 2. The SMILES string of the molecule is CCc1cccc(NC(N)=NCC2(N3CCCC3)CCOCC2)c1.I. The van der Waals surface area contributed by atoms with E-state index in [2.05, 4.69) is 35.3 Å². The molecule has 0 spiro atoms. The Hall–Kier alpha value is -0.860. The molecular formula is C19H31IN4O. The normalized spacial score (nSPS) is 20.9. The number of rotatable bonds is 5. The minimum atomic E-state index is 0. The number of nitrogens with zero attached hydrogens (tertiary/aromatic N) is 2. The highest BCUT2D eigenvalue weighted by atomic mass is 127. The van der Waals surface area contributed by atoms with Crippen molar-refractivity contribution in [3.05, 3.63) is 29.8 Å². The molecule has 0 amide bonds. The Bertz CT molecular complexity index is 566. The van der Waals surface area contributed by atoms with Crippen LogP contribution in [0.25, 0.3) is 0 Å². The summed E-state index contributed by atoms with van der Waals surface area (Å²) in [5.41, 5.74) is 8.60. The number of likely N-dealkylation sites (tertiary alicyclic amines) is 1. The Morgan fingerprint density at radius 1 is 1.28 bits per heavy atom. The maximum absolute atomic E-state index is 6.16. The summed E-state index contributed by atoms with van der Waals surface area (Å²) < 4.78 is 5.59. The van der Waals surface area contributed by atoms with Crippen molar-refractivity contribution >= 4 is 35.6 Å². The molecule has 0 saturated carbocycles. The fraction of sp³-hybridized carbons (Fsp3) is 0.632. The van der Waals surface area contributed by atoms with Crippen LogP contribution in [0.4, 0.5) is 5.69 Å². The molecule has 140 valence electrons. The predicted octanol–water partition coefficient (Wildman–Crippen LogP) is 3.24. The fourth-order valence-electron chi connectivity index (χ4n) is 3.81. The third-order valence-corrected chi connectivity index (χ3v) is 5.35. The molecule has 0 aromatic heterocycles. The van der Waals surface area contributed by atoms with E-state index in [1.54, 1.807) is 0 Å². The summed E-state index contributed by atoms with van der Waals surface area (Å²) in [7, 11) is 0. The van der Waals surface area contributed by atoms with Crippen LogP contribution in [0.3, 0.4) is 0 Å². The molecule has 25 heavy (non-hydrogen) atoms. The highest BCUT2D eigenvalue weighted by Gasteiger charge is 2.39. The van der Waals surface area contributed by atoms with Gasteiger partial charge in [-0.15, -0.1) is 24.0 Å². The minimum Gasteiger partial charge on any atom is -0.381 e. The van der Waals surface area contributed by atoms with Gasteiger partial charge in [-0.1, -0.05) is 19.1 Å². The lowest BCUT2D eigenvalue weighted by molar-refractivity contribution is -0.0138. The zero-order valence-electron chi connectivity index (χ0n) is 15.2. The van der Waals surface area contributed by atoms with Crippen LogP contribution in [-0.4, -0.2) is 49.2 Å². The van der Waals surface area contributed by atoms with Crippen molar-refractivity contribution in [3.63, 3.8) is 0 Å². The number of anilines is 1. The first kappa shape index (κ1) is 20.5. The highest BCUT2D eigenvalue weighted by molar-refractivity contribution is 14.0. The molecule has 2 saturated heterocycles. The second-order valence-corrected chi connectivity index (χ2v) is 6.91. The molecule has 0 radical (unpaired) electrons. The number of guanidine groups is 1. The van der Waals surface area contributed by atoms with Crippen molar-refractivity contribution in [1.82, 2.24) is 4.90 Å². The van der Waals surface area contributed by atoms with Gasteiger partial charge in [0.25, 0.3) is 0 Å². The molecule has 0 atom stereocenters. The molecule has 0 bridgehead atoms. The molecule has 2 fully saturated rings. The summed E-state index contributed by atoms with van der Waals surface area (Å²) in [6.45, 7) is 6.93. The van der Waals surface area contributed by atoms with Gasteiger partial charge >= 0.3 is 0 Å². The molecule has 6 heteroatoms. The van der Waals surface area contributed by atoms with Gasteiger partial charge < -0.3 is 15.8 Å². The molecule has 2 aliphatic rings. The molecule has 5 nitrogen and oxygen atoms in total. The molecule has 1 aromatic rings. The lowest BCUT2D eigenvalue weighted by Gasteiger charge is -2.43. The van der Waals surface area contributed by atoms with Crippen LogP contribution >= 0.6 is 24.0 Å². The van der Waals surface area contributed by atoms with Gasteiger partial charge in [-0.05, 0) is 62.9 Å². The van der Waals surface area contributed by atoms with Gasteiger partial charge in [-0.3, -0.25) is 9.89 Å². The molecule has 3 N–H and O–H groups in total. The number of hydrogen-bond acceptors (Lipinski definition) is 3. The van der Waals surface area contributed by atoms with E-state index in [4.69, 9.17) is 15.5 Å². The van der Waals surface area contributed by atoms with Crippen molar-refractivity contribution in [2.45, 2.75) is 44.6 Å². The summed E-state index contributed by atoms with van der Waals surface area (Å²) >= 11 is 0. The Morgan fingerprint density at radius 2 is 2.00 bits per heavy atom. The van der Waals surface area contributed by atoms with Crippen molar-refractivity contribution in [3.8, 4) is 0 Å². The van der Waals surface area contributed by atoms with Crippen LogP contribution in [0, 0.1) is 0 Å². The van der Waals surface area contributed by atoms with Gasteiger partial charge in [0.1, 0.15) is 0 Å². The van der Waals surface area contributed by atoms with Crippen LogP contribution in [-0.2, 0) is 11.2 Å². The highest BCUT2D eigenvalue weighted by Crippen LogP contribution is 2.31. The second-order valence-electron chi connectivity index (χ2n) is 6.91. The van der Waals surface area contributed by atoms with Gasteiger partial charge in [0.05, 0.1) is 6.54 Å². The largest absolute Gasteiger partial charge is 0.381 e. The summed E-state index contributed by atoms with van der Waals surface area (Å²) in [6.07, 6.45) is 5.71. The van der Waals surface area contributed by atoms with E-state index in [-0.39, 0.29) is 29.5 Å². The number of aryl methyl sites for hydroxylation is 1. The molecule has 0 aliphatic carbocycles. The molecule has 3 rings (SSSR count). The lowest BCUT2D eigenvalue weighted by atomic mass is 9.88. The second kappa shape index (κ2) is 9.73. The average molecular weight is 458 g/mol. The number of ether oxygens (including phenoxy) is 1. The monoisotopic (exact) mass is 458 g/mol. The van der Waals surface area contributed by atoms with E-state index in [0.29, 0.717) is 5.96 Å². The number of aliphatic imine (C=N–C) groups is 1. The Kier molecular flexibility index (Phi) is 7.96. The molecule has 0 unspecified atom stereocenters. The third-order valence-electron chi connectivity index (χ3n) is 5.35. The van der Waals surface area contributed by atoms with Gasteiger partial charge in [0.2, 0.25) is 0 Å². The van der Waals surface area contributed by atoms with Crippen LogP contribution in [0.2, 0.25) is 0 Å². The van der Waals surface area contributed by atoms with Gasteiger partial charge in [0.15, 0.2) is 5.96 Å². The van der Waals surface area contributed by atoms with E-state index in [1.165, 1.54) is 31.5 Å². The van der Waals surface area contributed by atoms with E-state index >= 15 is 0 Å². The molecular weight excluding hydrogens is 427 g/mol. The van der Waals surface area contributed by atoms with Crippen LogP contribution < -0.4 is 11.1 Å². The van der Waals surface area contributed by atoms with Crippen molar-refractivity contribution in [1.29, 1.82) is 0 Å². The van der Waals surface area contributed by atoms with Crippen molar-refractivity contribution in [2.75, 3.05) is 38.2 Å². The maximum Gasteiger partial charge on any atom is 0.193 e. The van der Waals surface area contributed by atoms with Crippen molar-refractivity contribution < 1.29 is 4.74 Å². The number of nitrogens with one attached hydrogen (secondary N) is 1. The Labute approximate surface area is 168 Å². The maximum atomic E-state index is 6.16. The fourth-order valence-corrected chi connectivity index (χ4v) is 3.81. The predicted molar refractivity (Wildman–Crippen MR) is 115 cm³/mol. The summed E-state index contributed by atoms with van der Waals surface area (Å²) in [5.74, 6) is 0.508. The van der Waals surface area contributed by atoms with E-state index < -0.39 is 0 Å². The number of halogens is 1. The molecule has 2 aliphatic heterocycles. The Balaban J connectivity index is 0.00000225. The third kappa shape index (κ3) is 5.31. The standard InChI is InChI=1S/C19H30N4O.HI/c1-2-16-6-5-7-17(14-16)22-18(20)21-15-19(8-12-24-13-9-19)23-10-3-4-11-23;/h5-7,14H,2-4,8-13,15H2,1H3,(H3,20,21,22);1H. The number of nitrogens with two attached hydrogens (primary N) is 1. The first-order chi connectivity index (χ1) is 11.7. The first-order valence-corrected chi connectivity index (χ1v) is 9.20. The lowest BCUT2D eigenvalue weighted by Crippen LogP contribution is -2.53. The molecule has 2 heterocycles. The first-order valence-electron chi connectivity index (χ1n) is 9.20. The number of benzene rings is 1. The van der Waals surface area contributed by atoms with Crippen molar-refractivity contribution in [2.24, 2.45) is 10.7 Å². The molecule has 1 aromatic carbocycles. The topological polar surface area (TPSA) is 62.9 Å². The van der Waals surface area contributed by atoms with Crippen LogP contribution in [0.1, 0.15) is 38.2 Å². The van der Waals surface area contributed by atoms with Gasteiger partial charge in [0, 0.05) is 24.4 Å². The van der Waals surface area contributed by atoms with Crippen LogP contribution in [0.15, 0.2) is 29.3 Å². The van der Waals surface area contributed by atoms with E-state index in [0.717, 1.165) is 44.7 Å². The summed E-state index contributed by atoms with van der Waals surface area (Å²) in [5, 5.41) is 3.24. The van der Waals surface area contributed by atoms with E-state index in [1.807, 2.05) is 6.07 Å².